The molecule has 0 unspecified atom stereocenters. The Labute approximate surface area is 129 Å². The second kappa shape index (κ2) is 7.65. The van der Waals surface area contributed by atoms with Crippen molar-refractivity contribution in [2.75, 3.05) is 18.4 Å². The number of carbonyl (C=O) groups excluding carboxylic acids is 1. The van der Waals surface area contributed by atoms with E-state index in [0.717, 1.165) is 29.9 Å². The molecule has 0 aliphatic carbocycles. The van der Waals surface area contributed by atoms with Gasteiger partial charge in [-0.2, -0.15) is 0 Å². The number of nitrogens with zero attached hydrogens (tertiary/aromatic N) is 1. The number of aryl methyl sites for hydroxylation is 2. The summed E-state index contributed by atoms with van der Waals surface area (Å²) in [6.07, 6.45) is 0. The molecule has 1 aromatic rings. The standard InChI is InChI=1S/C16H26N2O.ClH/c1-7-18(8-2)16(5,6)15(19)17-14-12(3)10-9-11-13(14)4;/h9-11H,7-8H2,1-6H3,(H,17,19);1H. The summed E-state index contributed by atoms with van der Waals surface area (Å²) in [5, 5.41) is 3.09. The van der Waals surface area contributed by atoms with E-state index in [2.05, 4.69) is 24.1 Å². The van der Waals surface area contributed by atoms with Crippen molar-refractivity contribution in [1.82, 2.24) is 4.90 Å². The van der Waals surface area contributed by atoms with Gasteiger partial charge in [0.05, 0.1) is 5.54 Å². The lowest BCUT2D eigenvalue weighted by atomic mass is 10.00. The molecule has 0 aromatic heterocycles. The number of hydrogen-bond acceptors (Lipinski definition) is 2. The molecule has 1 rings (SSSR count). The highest BCUT2D eigenvalue weighted by molar-refractivity contribution is 5.98. The smallest absolute Gasteiger partial charge is 0.244 e. The zero-order valence-electron chi connectivity index (χ0n) is 13.4. The Kier molecular flexibility index (Phi) is 7.25. The first-order valence-electron chi connectivity index (χ1n) is 6.97. The molecule has 0 atom stereocenters. The van der Waals surface area contributed by atoms with Crippen molar-refractivity contribution in [2.45, 2.75) is 47.1 Å². The third kappa shape index (κ3) is 3.97. The van der Waals surface area contributed by atoms with Crippen molar-refractivity contribution in [3.05, 3.63) is 29.3 Å². The Hall–Kier alpha value is -1.06. The maximum absolute atomic E-state index is 12.5. The van der Waals surface area contributed by atoms with Crippen molar-refractivity contribution in [2.24, 2.45) is 0 Å². The molecule has 0 bridgehead atoms. The first-order chi connectivity index (χ1) is 8.84. The average molecular weight is 299 g/mol. The highest BCUT2D eigenvalue weighted by Gasteiger charge is 2.33. The number of anilines is 1. The van der Waals surface area contributed by atoms with Crippen LogP contribution in [0.2, 0.25) is 0 Å². The van der Waals surface area contributed by atoms with E-state index in [1.165, 1.54) is 0 Å². The van der Waals surface area contributed by atoms with Crippen molar-refractivity contribution in [1.29, 1.82) is 0 Å². The molecular weight excluding hydrogens is 272 g/mol. The maximum Gasteiger partial charge on any atom is 0.244 e. The zero-order valence-corrected chi connectivity index (χ0v) is 14.2. The number of rotatable bonds is 5. The predicted octanol–water partition coefficient (Wildman–Crippen LogP) is 3.78. The van der Waals surface area contributed by atoms with E-state index >= 15 is 0 Å². The summed E-state index contributed by atoms with van der Waals surface area (Å²) in [6, 6.07) is 6.05. The van der Waals surface area contributed by atoms with Gasteiger partial charge in [-0.15, -0.1) is 12.4 Å². The molecule has 0 radical (unpaired) electrons. The second-order valence-electron chi connectivity index (χ2n) is 5.45. The summed E-state index contributed by atoms with van der Waals surface area (Å²) < 4.78 is 0. The molecule has 0 heterocycles. The molecule has 0 fully saturated rings. The third-order valence-electron chi connectivity index (χ3n) is 3.83. The number of nitrogens with one attached hydrogen (secondary N) is 1. The van der Waals surface area contributed by atoms with Crippen LogP contribution in [0.1, 0.15) is 38.8 Å². The SMILES string of the molecule is CCN(CC)C(C)(C)C(=O)Nc1c(C)cccc1C.Cl. The minimum atomic E-state index is -0.502. The minimum Gasteiger partial charge on any atom is -0.324 e. The molecule has 0 aliphatic heterocycles. The third-order valence-corrected chi connectivity index (χ3v) is 3.83. The monoisotopic (exact) mass is 298 g/mol. The summed E-state index contributed by atoms with van der Waals surface area (Å²) in [4.78, 5) is 14.7. The predicted molar refractivity (Wildman–Crippen MR) is 88.8 cm³/mol. The van der Waals surface area contributed by atoms with Crippen molar-refractivity contribution >= 4 is 24.0 Å². The van der Waals surface area contributed by atoms with Crippen LogP contribution in [-0.4, -0.2) is 29.4 Å². The zero-order chi connectivity index (χ0) is 14.6. The van der Waals surface area contributed by atoms with Gasteiger partial charge in [0.25, 0.3) is 0 Å². The largest absolute Gasteiger partial charge is 0.324 e. The first-order valence-corrected chi connectivity index (χ1v) is 6.97. The number of halogens is 1. The van der Waals surface area contributed by atoms with Crippen molar-refractivity contribution < 1.29 is 4.79 Å². The molecule has 1 aromatic carbocycles. The molecule has 0 saturated carbocycles. The Balaban J connectivity index is 0.00000361. The summed E-state index contributed by atoms with van der Waals surface area (Å²) in [5.41, 5.74) is 2.64. The van der Waals surface area contributed by atoms with Gasteiger partial charge in [-0.3, -0.25) is 9.69 Å². The lowest BCUT2D eigenvalue weighted by molar-refractivity contribution is -0.126. The van der Waals surface area contributed by atoms with E-state index in [-0.39, 0.29) is 18.3 Å². The number of hydrogen-bond donors (Lipinski definition) is 1. The van der Waals surface area contributed by atoms with Gasteiger partial charge in [0.2, 0.25) is 5.91 Å². The highest BCUT2D eigenvalue weighted by Crippen LogP contribution is 2.23. The first kappa shape index (κ1) is 18.9. The van der Waals surface area contributed by atoms with Gasteiger partial charge in [0.1, 0.15) is 0 Å². The quantitative estimate of drug-likeness (QED) is 0.897. The van der Waals surface area contributed by atoms with E-state index in [0.29, 0.717) is 0 Å². The van der Waals surface area contributed by atoms with Crippen molar-refractivity contribution in [3.63, 3.8) is 0 Å². The van der Waals surface area contributed by atoms with Gasteiger partial charge in [-0.05, 0) is 51.9 Å². The fourth-order valence-corrected chi connectivity index (χ4v) is 2.44. The minimum absolute atomic E-state index is 0. The second-order valence-corrected chi connectivity index (χ2v) is 5.45. The van der Waals surface area contributed by atoms with Crippen LogP contribution in [0.3, 0.4) is 0 Å². The Bertz CT molecular complexity index is 434. The van der Waals surface area contributed by atoms with Gasteiger partial charge in [0, 0.05) is 5.69 Å². The highest BCUT2D eigenvalue weighted by atomic mass is 35.5. The molecule has 3 nitrogen and oxygen atoms in total. The van der Waals surface area contributed by atoms with Crippen LogP contribution in [0.5, 0.6) is 0 Å². The molecule has 1 amide bonds. The average Bonchev–Trinajstić information content (AvgIpc) is 2.34. The fraction of sp³-hybridized carbons (Fsp3) is 0.562. The summed E-state index contributed by atoms with van der Waals surface area (Å²) in [6.45, 7) is 13.9. The normalized spacial score (nSPS) is 11.2. The summed E-state index contributed by atoms with van der Waals surface area (Å²) in [5.74, 6) is 0.0496. The lowest BCUT2D eigenvalue weighted by Gasteiger charge is -2.36. The Morgan fingerprint density at radius 1 is 1.15 bits per heavy atom. The number of carbonyl (C=O) groups is 1. The van der Waals surface area contributed by atoms with E-state index in [9.17, 15) is 4.79 Å². The molecule has 114 valence electrons. The number of amides is 1. The van der Waals surface area contributed by atoms with Crippen LogP contribution in [0.4, 0.5) is 5.69 Å². The van der Waals surface area contributed by atoms with Gasteiger partial charge in [-0.25, -0.2) is 0 Å². The number of likely N-dealkylation sites (N-methyl/N-ethyl adjacent to an activating group) is 1. The summed E-state index contributed by atoms with van der Waals surface area (Å²) in [7, 11) is 0. The van der Waals surface area contributed by atoms with E-state index in [1.807, 2.05) is 45.9 Å². The Morgan fingerprint density at radius 2 is 1.60 bits per heavy atom. The van der Waals surface area contributed by atoms with Crippen LogP contribution in [0, 0.1) is 13.8 Å². The van der Waals surface area contributed by atoms with Crippen LogP contribution >= 0.6 is 12.4 Å². The van der Waals surface area contributed by atoms with E-state index in [4.69, 9.17) is 0 Å². The molecule has 0 spiro atoms. The molecule has 0 saturated heterocycles. The van der Waals surface area contributed by atoms with Gasteiger partial charge in [0.15, 0.2) is 0 Å². The topological polar surface area (TPSA) is 32.3 Å². The molecule has 0 aliphatic rings. The maximum atomic E-state index is 12.5. The van der Waals surface area contributed by atoms with Crippen LogP contribution in [0.25, 0.3) is 0 Å². The molecule has 4 heteroatoms. The van der Waals surface area contributed by atoms with Gasteiger partial charge in [-0.1, -0.05) is 32.0 Å². The van der Waals surface area contributed by atoms with Crippen LogP contribution < -0.4 is 5.32 Å². The van der Waals surface area contributed by atoms with E-state index < -0.39 is 5.54 Å². The van der Waals surface area contributed by atoms with Gasteiger partial charge < -0.3 is 5.32 Å². The van der Waals surface area contributed by atoms with E-state index in [1.54, 1.807) is 0 Å². The van der Waals surface area contributed by atoms with Crippen LogP contribution in [0.15, 0.2) is 18.2 Å². The lowest BCUT2D eigenvalue weighted by Crippen LogP contribution is -2.52. The fourth-order valence-electron chi connectivity index (χ4n) is 2.44. The number of para-hydroxylation sites is 1. The van der Waals surface area contributed by atoms with Crippen LogP contribution in [-0.2, 0) is 4.79 Å². The van der Waals surface area contributed by atoms with Gasteiger partial charge >= 0.3 is 0 Å². The van der Waals surface area contributed by atoms with Crippen molar-refractivity contribution in [3.8, 4) is 0 Å². The molecule has 1 N–H and O–H groups in total. The molecular formula is C16H27ClN2O. The summed E-state index contributed by atoms with van der Waals surface area (Å²) >= 11 is 0. The molecule has 20 heavy (non-hydrogen) atoms. The number of benzene rings is 1. The Morgan fingerprint density at radius 3 is 2.00 bits per heavy atom.